The Morgan fingerprint density at radius 2 is 1.89 bits per heavy atom. The highest BCUT2D eigenvalue weighted by Crippen LogP contribution is 2.35. The Labute approximate surface area is 165 Å². The smallest absolute Gasteiger partial charge is 0.336 e. The fraction of sp³-hybridized carbons (Fsp3) is 0.375. The zero-order chi connectivity index (χ0) is 19.7. The predicted octanol–water partition coefficient (Wildman–Crippen LogP) is 5.62. The number of anilines is 1. The molecule has 0 N–H and O–H groups in total. The van der Waals surface area contributed by atoms with Gasteiger partial charge in [-0.3, -0.25) is 0 Å². The van der Waals surface area contributed by atoms with Crippen LogP contribution in [0.5, 0.6) is 5.75 Å². The van der Waals surface area contributed by atoms with Crippen molar-refractivity contribution in [1.82, 2.24) is 0 Å². The zero-order valence-corrected chi connectivity index (χ0v) is 16.8. The molecule has 28 heavy (non-hydrogen) atoms. The topological polar surface area (TPSA) is 42.7 Å². The third-order valence-electron chi connectivity index (χ3n) is 5.74. The molecule has 0 saturated carbocycles. The van der Waals surface area contributed by atoms with Crippen LogP contribution in [0.25, 0.3) is 11.0 Å². The van der Waals surface area contributed by atoms with Crippen LogP contribution in [-0.4, -0.2) is 6.73 Å². The van der Waals surface area contributed by atoms with Crippen LogP contribution >= 0.6 is 0 Å². The Balaban J connectivity index is 1.71. The van der Waals surface area contributed by atoms with Crippen LogP contribution in [0.15, 0.2) is 51.7 Å². The maximum absolute atomic E-state index is 12.1. The molecule has 2 aromatic carbocycles. The van der Waals surface area contributed by atoms with Gasteiger partial charge in [0.15, 0.2) is 6.73 Å². The number of hydrogen-bond acceptors (Lipinski definition) is 4. The number of rotatable bonds is 5. The minimum Gasteiger partial charge on any atom is -0.473 e. The molecule has 4 nitrogen and oxygen atoms in total. The molecule has 0 aliphatic carbocycles. The first-order valence-electron chi connectivity index (χ1n) is 10.2. The summed E-state index contributed by atoms with van der Waals surface area (Å²) >= 11 is 0. The molecule has 0 spiro atoms. The van der Waals surface area contributed by atoms with Crippen LogP contribution in [0, 0.1) is 0 Å². The summed E-state index contributed by atoms with van der Waals surface area (Å²) in [6.45, 7) is 7.72. The third-order valence-corrected chi connectivity index (χ3v) is 5.74. The molecule has 1 atom stereocenters. The molecule has 0 radical (unpaired) electrons. The van der Waals surface area contributed by atoms with Crippen molar-refractivity contribution >= 4 is 16.7 Å². The first-order valence-corrected chi connectivity index (χ1v) is 10.2. The molecule has 4 rings (SSSR count). The van der Waals surface area contributed by atoms with Crippen molar-refractivity contribution < 1.29 is 9.15 Å². The van der Waals surface area contributed by atoms with Gasteiger partial charge in [0, 0.05) is 17.1 Å². The Hall–Kier alpha value is -2.75. The summed E-state index contributed by atoms with van der Waals surface area (Å²) in [6, 6.07) is 14.3. The number of aryl methyl sites for hydroxylation is 1. The van der Waals surface area contributed by atoms with Crippen molar-refractivity contribution in [3.8, 4) is 5.75 Å². The molecule has 0 fully saturated rings. The normalized spacial score (nSPS) is 14.6. The van der Waals surface area contributed by atoms with Crippen molar-refractivity contribution in [2.75, 3.05) is 11.6 Å². The van der Waals surface area contributed by atoms with Crippen LogP contribution in [0.4, 0.5) is 5.69 Å². The molecule has 2 heterocycles. The average molecular weight is 377 g/mol. The molecule has 146 valence electrons. The van der Waals surface area contributed by atoms with Gasteiger partial charge in [-0.05, 0) is 54.2 Å². The first-order chi connectivity index (χ1) is 13.6. The number of ether oxygens (including phenoxy) is 1. The second kappa shape index (κ2) is 7.70. The average Bonchev–Trinajstić information content (AvgIpc) is 2.73. The molecule has 1 aromatic heterocycles. The quantitative estimate of drug-likeness (QED) is 0.542. The van der Waals surface area contributed by atoms with Crippen molar-refractivity contribution in [1.29, 1.82) is 0 Å². The van der Waals surface area contributed by atoms with E-state index in [1.54, 1.807) is 6.07 Å². The van der Waals surface area contributed by atoms with E-state index in [0.717, 1.165) is 47.2 Å². The monoisotopic (exact) mass is 377 g/mol. The van der Waals surface area contributed by atoms with Gasteiger partial charge in [0.25, 0.3) is 0 Å². The summed E-state index contributed by atoms with van der Waals surface area (Å²) in [7, 11) is 0. The Kier molecular flexibility index (Phi) is 5.12. The highest BCUT2D eigenvalue weighted by atomic mass is 16.5. The third kappa shape index (κ3) is 3.39. The largest absolute Gasteiger partial charge is 0.473 e. The SMILES string of the molecule is CCCc1cc(=O)oc2c3c(ccc12)OCN(c1ccc([C@@H](C)CC)cc1)C3. The fourth-order valence-corrected chi connectivity index (χ4v) is 3.89. The number of benzene rings is 2. The molecule has 0 amide bonds. The van der Waals surface area contributed by atoms with Crippen LogP contribution in [0.1, 0.15) is 56.2 Å². The number of nitrogens with zero attached hydrogens (tertiary/aromatic N) is 1. The van der Waals surface area contributed by atoms with Crippen LogP contribution in [0.2, 0.25) is 0 Å². The molecule has 1 aliphatic heterocycles. The molecular weight excluding hydrogens is 350 g/mol. The van der Waals surface area contributed by atoms with E-state index in [1.807, 2.05) is 12.1 Å². The standard InChI is InChI=1S/C24H27NO3/c1-4-6-18-13-23(26)28-24-20(18)11-12-22-21(24)14-25(15-27-22)19-9-7-17(8-10-19)16(3)5-2/h7-13,16H,4-6,14-15H2,1-3H3/t16-/m0/s1. The van der Waals surface area contributed by atoms with Gasteiger partial charge in [-0.25, -0.2) is 4.79 Å². The molecule has 3 aromatic rings. The van der Waals surface area contributed by atoms with Crippen molar-refractivity contribution in [3.05, 3.63) is 69.6 Å². The second-order valence-corrected chi connectivity index (χ2v) is 7.63. The van der Waals surface area contributed by atoms with Gasteiger partial charge >= 0.3 is 5.63 Å². The lowest BCUT2D eigenvalue weighted by Crippen LogP contribution is -2.32. The van der Waals surface area contributed by atoms with Crippen LogP contribution in [0.3, 0.4) is 0 Å². The van der Waals surface area contributed by atoms with Gasteiger partial charge in [-0.15, -0.1) is 0 Å². The van der Waals surface area contributed by atoms with Gasteiger partial charge in [0.1, 0.15) is 11.3 Å². The van der Waals surface area contributed by atoms with E-state index in [9.17, 15) is 4.79 Å². The summed E-state index contributed by atoms with van der Waals surface area (Å²) in [5, 5.41) is 1.01. The number of fused-ring (bicyclic) bond motifs is 3. The summed E-state index contributed by atoms with van der Waals surface area (Å²) in [5.74, 6) is 1.36. The van der Waals surface area contributed by atoms with E-state index < -0.39 is 0 Å². The summed E-state index contributed by atoms with van der Waals surface area (Å²) < 4.78 is 11.6. The molecule has 4 heteroatoms. The van der Waals surface area contributed by atoms with Crippen molar-refractivity contribution in [2.45, 2.75) is 52.5 Å². The second-order valence-electron chi connectivity index (χ2n) is 7.63. The minimum atomic E-state index is -0.292. The van der Waals surface area contributed by atoms with Gasteiger partial charge in [0.05, 0.1) is 12.1 Å². The van der Waals surface area contributed by atoms with Crippen LogP contribution in [-0.2, 0) is 13.0 Å². The predicted molar refractivity (Wildman–Crippen MR) is 113 cm³/mol. The number of hydrogen-bond donors (Lipinski definition) is 0. The van der Waals surface area contributed by atoms with E-state index in [1.165, 1.54) is 5.56 Å². The van der Waals surface area contributed by atoms with E-state index in [4.69, 9.17) is 9.15 Å². The lowest BCUT2D eigenvalue weighted by atomic mass is 9.98. The van der Waals surface area contributed by atoms with Crippen molar-refractivity contribution in [2.24, 2.45) is 0 Å². The Morgan fingerprint density at radius 3 is 2.61 bits per heavy atom. The zero-order valence-electron chi connectivity index (χ0n) is 16.8. The molecular formula is C24H27NO3. The highest BCUT2D eigenvalue weighted by molar-refractivity contribution is 5.85. The van der Waals surface area contributed by atoms with Gasteiger partial charge < -0.3 is 14.1 Å². The Morgan fingerprint density at radius 1 is 1.11 bits per heavy atom. The maximum Gasteiger partial charge on any atom is 0.336 e. The van der Waals surface area contributed by atoms with E-state index in [-0.39, 0.29) is 5.63 Å². The Bertz CT molecular complexity index is 1040. The fourth-order valence-electron chi connectivity index (χ4n) is 3.89. The molecule has 0 unspecified atom stereocenters. The van der Waals surface area contributed by atoms with Crippen molar-refractivity contribution in [3.63, 3.8) is 0 Å². The molecule has 0 bridgehead atoms. The van der Waals surface area contributed by atoms with Crippen LogP contribution < -0.4 is 15.3 Å². The summed E-state index contributed by atoms with van der Waals surface area (Å²) in [4.78, 5) is 14.3. The first kappa shape index (κ1) is 18.6. The van der Waals surface area contributed by atoms with Gasteiger partial charge in [0.2, 0.25) is 0 Å². The lowest BCUT2D eigenvalue weighted by molar-refractivity contribution is 0.289. The summed E-state index contributed by atoms with van der Waals surface area (Å²) in [6.07, 6.45) is 2.98. The maximum atomic E-state index is 12.1. The van der Waals surface area contributed by atoms with E-state index >= 15 is 0 Å². The van der Waals surface area contributed by atoms with Gasteiger partial charge in [-0.2, -0.15) is 0 Å². The molecule has 1 aliphatic rings. The highest BCUT2D eigenvalue weighted by Gasteiger charge is 2.22. The summed E-state index contributed by atoms with van der Waals surface area (Å²) in [5.41, 5.74) is 4.83. The van der Waals surface area contributed by atoms with E-state index in [2.05, 4.69) is 49.9 Å². The molecule has 0 saturated heterocycles. The van der Waals surface area contributed by atoms with Gasteiger partial charge in [-0.1, -0.05) is 39.3 Å². The van der Waals surface area contributed by atoms with E-state index in [0.29, 0.717) is 24.8 Å². The minimum absolute atomic E-state index is 0.292. The lowest BCUT2D eigenvalue weighted by Gasteiger charge is -2.31.